The molecule has 0 amide bonds. The molecule has 4 aromatic rings. The van der Waals surface area contributed by atoms with Crippen molar-refractivity contribution in [2.24, 2.45) is 0 Å². The molecule has 140 valence electrons. The Morgan fingerprint density at radius 2 is 1.57 bits per heavy atom. The van der Waals surface area contributed by atoms with Gasteiger partial charge in [-0.3, -0.25) is 9.55 Å². The second-order valence-electron chi connectivity index (χ2n) is 5.84. The Labute approximate surface area is 169 Å². The van der Waals surface area contributed by atoms with Gasteiger partial charge in [0.05, 0.1) is 0 Å². The molecule has 4 nitrogen and oxygen atoms in total. The van der Waals surface area contributed by atoms with Crippen LogP contribution in [-0.4, -0.2) is 19.7 Å². The van der Waals surface area contributed by atoms with Gasteiger partial charge in [0.2, 0.25) is 0 Å². The highest BCUT2D eigenvalue weighted by atomic mass is 35.5. The predicted molar refractivity (Wildman–Crippen MR) is 106 cm³/mol. The summed E-state index contributed by atoms with van der Waals surface area (Å²) in [4.78, 5) is 4.02. The smallest absolute Gasteiger partial charge is 0.196 e. The number of pyridine rings is 1. The lowest BCUT2D eigenvalue weighted by molar-refractivity contribution is 0.566. The van der Waals surface area contributed by atoms with E-state index in [9.17, 15) is 8.78 Å². The fraction of sp³-hybridized carbons (Fsp3) is 0.0500. The van der Waals surface area contributed by atoms with Crippen molar-refractivity contribution < 1.29 is 8.78 Å². The quantitative estimate of drug-likeness (QED) is 0.401. The van der Waals surface area contributed by atoms with E-state index >= 15 is 0 Å². The van der Waals surface area contributed by atoms with Crippen molar-refractivity contribution in [1.29, 1.82) is 0 Å². The van der Waals surface area contributed by atoms with Gasteiger partial charge < -0.3 is 0 Å². The zero-order valence-electron chi connectivity index (χ0n) is 14.4. The summed E-state index contributed by atoms with van der Waals surface area (Å²) in [6, 6.07) is 14.7. The van der Waals surface area contributed by atoms with E-state index in [0.29, 0.717) is 16.0 Å². The van der Waals surface area contributed by atoms with Crippen molar-refractivity contribution >= 4 is 23.4 Å². The van der Waals surface area contributed by atoms with Gasteiger partial charge >= 0.3 is 0 Å². The number of thioether (sulfide) groups is 1. The first-order valence-corrected chi connectivity index (χ1v) is 9.67. The van der Waals surface area contributed by atoms with Crippen molar-refractivity contribution in [2.45, 2.75) is 10.9 Å². The molecule has 0 unspecified atom stereocenters. The average molecular weight is 415 g/mol. The minimum absolute atomic E-state index is 0.00335. The second-order valence-corrected chi connectivity index (χ2v) is 7.22. The standard InChI is InChI=1S/C20H13ClF2N4S/c21-14-4-6-15(7-5-14)27-19(13-8-10-24-11-9-13)25-26-20(27)28-12-16-17(22)2-1-3-18(16)23/h1-11H,12H2. The van der Waals surface area contributed by atoms with E-state index in [-0.39, 0.29) is 11.3 Å². The molecule has 2 aromatic heterocycles. The highest BCUT2D eigenvalue weighted by molar-refractivity contribution is 7.98. The summed E-state index contributed by atoms with van der Waals surface area (Å²) < 4.78 is 29.8. The third kappa shape index (κ3) is 3.76. The van der Waals surface area contributed by atoms with Gasteiger partial charge in [-0.2, -0.15) is 0 Å². The van der Waals surface area contributed by atoms with Crippen LogP contribution in [0.3, 0.4) is 0 Å². The maximum atomic E-state index is 14.0. The molecule has 4 rings (SSSR count). The normalized spacial score (nSPS) is 11.0. The van der Waals surface area contributed by atoms with Crippen molar-refractivity contribution in [2.75, 3.05) is 0 Å². The molecule has 2 aromatic carbocycles. The topological polar surface area (TPSA) is 43.6 Å². The summed E-state index contributed by atoms with van der Waals surface area (Å²) in [6.45, 7) is 0. The molecule has 28 heavy (non-hydrogen) atoms. The Hall–Kier alpha value is -2.77. The van der Waals surface area contributed by atoms with Gasteiger partial charge in [0.15, 0.2) is 11.0 Å². The summed E-state index contributed by atoms with van der Waals surface area (Å²) in [7, 11) is 0. The molecule has 0 saturated carbocycles. The summed E-state index contributed by atoms with van der Waals surface area (Å²) in [5.41, 5.74) is 1.61. The molecule has 0 saturated heterocycles. The third-order valence-electron chi connectivity index (χ3n) is 4.06. The molecule has 0 N–H and O–H groups in total. The van der Waals surface area contributed by atoms with Crippen LogP contribution < -0.4 is 0 Å². The highest BCUT2D eigenvalue weighted by Crippen LogP contribution is 2.31. The van der Waals surface area contributed by atoms with Crippen LogP contribution in [0.4, 0.5) is 8.78 Å². The molecule has 8 heteroatoms. The fourth-order valence-electron chi connectivity index (χ4n) is 2.68. The van der Waals surface area contributed by atoms with Crippen LogP contribution in [0.15, 0.2) is 72.1 Å². The van der Waals surface area contributed by atoms with Crippen LogP contribution in [0.1, 0.15) is 5.56 Å². The number of benzene rings is 2. The van der Waals surface area contributed by atoms with Crippen molar-refractivity contribution in [3.05, 3.63) is 89.2 Å². The molecule has 0 atom stereocenters. The van der Waals surface area contributed by atoms with Gasteiger partial charge in [-0.25, -0.2) is 8.78 Å². The van der Waals surface area contributed by atoms with E-state index in [4.69, 9.17) is 11.6 Å². The Kier molecular flexibility index (Phi) is 5.36. The molecule has 0 aliphatic carbocycles. The molecule has 0 spiro atoms. The first-order chi connectivity index (χ1) is 13.6. The number of nitrogens with zero attached hydrogens (tertiary/aromatic N) is 4. The van der Waals surface area contributed by atoms with Crippen molar-refractivity contribution in [1.82, 2.24) is 19.7 Å². The summed E-state index contributed by atoms with van der Waals surface area (Å²) in [5.74, 6) is -0.485. The largest absolute Gasteiger partial charge is 0.270 e. The number of aromatic nitrogens is 4. The van der Waals surface area contributed by atoms with Crippen LogP contribution in [-0.2, 0) is 5.75 Å². The number of rotatable bonds is 5. The Morgan fingerprint density at radius 1 is 0.893 bits per heavy atom. The summed E-state index contributed by atoms with van der Waals surface area (Å²) in [6.07, 6.45) is 3.33. The van der Waals surface area contributed by atoms with Gasteiger partial charge in [0.25, 0.3) is 0 Å². The first-order valence-electron chi connectivity index (χ1n) is 8.31. The lowest BCUT2D eigenvalue weighted by atomic mass is 10.2. The molecule has 0 bridgehead atoms. The predicted octanol–water partition coefficient (Wildman–Crippen LogP) is 5.55. The zero-order chi connectivity index (χ0) is 19.5. The van der Waals surface area contributed by atoms with E-state index < -0.39 is 11.6 Å². The number of hydrogen-bond acceptors (Lipinski definition) is 4. The summed E-state index contributed by atoms with van der Waals surface area (Å²) >= 11 is 7.21. The molecule has 0 fully saturated rings. The van der Waals surface area contributed by atoms with Crippen LogP contribution in [0.25, 0.3) is 17.1 Å². The molecule has 0 radical (unpaired) electrons. The van der Waals surface area contributed by atoms with E-state index in [1.54, 1.807) is 24.5 Å². The lowest BCUT2D eigenvalue weighted by Crippen LogP contribution is -2.00. The Morgan fingerprint density at radius 3 is 2.25 bits per heavy atom. The molecular formula is C20H13ClF2N4S. The van der Waals surface area contributed by atoms with Crippen LogP contribution >= 0.6 is 23.4 Å². The summed E-state index contributed by atoms with van der Waals surface area (Å²) in [5, 5.41) is 9.64. The SMILES string of the molecule is Fc1cccc(F)c1CSc1nnc(-c2ccncc2)n1-c1ccc(Cl)cc1. The molecule has 0 aliphatic rings. The van der Waals surface area contributed by atoms with E-state index in [0.717, 1.165) is 11.3 Å². The van der Waals surface area contributed by atoms with Crippen LogP contribution in [0, 0.1) is 11.6 Å². The fourth-order valence-corrected chi connectivity index (χ4v) is 3.78. The van der Waals surface area contributed by atoms with Crippen molar-refractivity contribution in [3.63, 3.8) is 0 Å². The number of hydrogen-bond donors (Lipinski definition) is 0. The van der Waals surface area contributed by atoms with Gasteiger partial charge in [-0.15, -0.1) is 10.2 Å². The Balaban J connectivity index is 1.75. The van der Waals surface area contributed by atoms with Gasteiger partial charge in [0.1, 0.15) is 11.6 Å². The zero-order valence-corrected chi connectivity index (χ0v) is 16.0. The van der Waals surface area contributed by atoms with Gasteiger partial charge in [-0.1, -0.05) is 29.4 Å². The minimum Gasteiger partial charge on any atom is -0.270 e. The molecule has 0 aliphatic heterocycles. The number of halogens is 3. The van der Waals surface area contributed by atoms with E-state index in [1.165, 1.54) is 30.0 Å². The highest BCUT2D eigenvalue weighted by Gasteiger charge is 2.18. The maximum absolute atomic E-state index is 14.0. The second kappa shape index (κ2) is 8.08. The van der Waals surface area contributed by atoms with E-state index in [1.807, 2.05) is 28.8 Å². The maximum Gasteiger partial charge on any atom is 0.196 e. The monoisotopic (exact) mass is 414 g/mol. The Bertz CT molecular complexity index is 1080. The first kappa shape index (κ1) is 18.6. The third-order valence-corrected chi connectivity index (χ3v) is 5.27. The van der Waals surface area contributed by atoms with Crippen LogP contribution in [0.2, 0.25) is 5.02 Å². The average Bonchev–Trinajstić information content (AvgIpc) is 3.13. The minimum atomic E-state index is -0.584. The lowest BCUT2D eigenvalue weighted by Gasteiger charge is -2.11. The molecular weight excluding hydrogens is 402 g/mol. The van der Waals surface area contributed by atoms with Gasteiger partial charge in [0, 0.05) is 40.0 Å². The van der Waals surface area contributed by atoms with E-state index in [2.05, 4.69) is 15.2 Å². The van der Waals surface area contributed by atoms with Gasteiger partial charge in [-0.05, 0) is 48.5 Å². The van der Waals surface area contributed by atoms with Crippen LogP contribution in [0.5, 0.6) is 0 Å². The van der Waals surface area contributed by atoms with Crippen molar-refractivity contribution in [3.8, 4) is 17.1 Å². The molecule has 2 heterocycles.